The molecule has 0 bridgehead atoms. The average molecular weight is 331 g/mol. The van der Waals surface area contributed by atoms with Crippen molar-refractivity contribution in [2.75, 3.05) is 19.6 Å². The lowest BCUT2D eigenvalue weighted by atomic mass is 10.0. The highest BCUT2D eigenvalue weighted by Crippen LogP contribution is 2.26. The number of imide groups is 1. The van der Waals surface area contributed by atoms with Crippen molar-refractivity contribution >= 4 is 11.9 Å². The number of nitrogens with one attached hydrogen (secondary N) is 1. The van der Waals surface area contributed by atoms with Gasteiger partial charge in [-0.1, -0.05) is 24.3 Å². The Bertz CT molecular complexity index is 644. The minimum absolute atomic E-state index is 0.163. The Labute approximate surface area is 142 Å². The fraction of sp³-hybridized carbons (Fsp3) is 0.556. The summed E-state index contributed by atoms with van der Waals surface area (Å²) in [6, 6.07) is 7.68. The van der Waals surface area contributed by atoms with Crippen molar-refractivity contribution in [1.29, 1.82) is 0 Å². The number of rotatable bonds is 4. The summed E-state index contributed by atoms with van der Waals surface area (Å²) in [4.78, 5) is 27.7. The van der Waals surface area contributed by atoms with Gasteiger partial charge >= 0.3 is 6.03 Å². The number of aliphatic hydroxyl groups excluding tert-OH is 1. The van der Waals surface area contributed by atoms with E-state index in [0.29, 0.717) is 13.0 Å². The van der Waals surface area contributed by atoms with Gasteiger partial charge in [0.15, 0.2) is 0 Å². The summed E-state index contributed by atoms with van der Waals surface area (Å²) in [5, 5.41) is 13.0. The van der Waals surface area contributed by atoms with Crippen molar-refractivity contribution in [2.45, 2.75) is 44.9 Å². The van der Waals surface area contributed by atoms with Gasteiger partial charge in [-0.2, -0.15) is 0 Å². The number of aliphatic hydroxyl groups is 1. The number of carbonyl (C=O) groups excluding carboxylic acids is 2. The second-order valence-electron chi connectivity index (χ2n) is 7.14. The third-order valence-electron chi connectivity index (χ3n) is 4.83. The van der Waals surface area contributed by atoms with Crippen LogP contribution >= 0.6 is 0 Å². The first-order chi connectivity index (χ1) is 11.4. The van der Waals surface area contributed by atoms with Gasteiger partial charge in [0.05, 0.1) is 6.10 Å². The summed E-state index contributed by atoms with van der Waals surface area (Å²) in [5.41, 5.74) is 1.36. The minimum atomic E-state index is -0.803. The molecule has 2 aliphatic rings. The standard InChI is InChI=1S/C18H25N3O3/c1-18(2)16(23)21(17(24)19-18)10-5-9-20-11-8-15(22)14-7-4-3-6-13(14)12-20/h3-4,6-7,15,22H,5,8-12H2,1-2H3,(H,19,24). The van der Waals surface area contributed by atoms with Crippen LogP contribution in [0.25, 0.3) is 0 Å². The molecule has 6 nitrogen and oxygen atoms in total. The highest BCUT2D eigenvalue weighted by atomic mass is 16.3. The van der Waals surface area contributed by atoms with Crippen LogP contribution in [0.5, 0.6) is 0 Å². The maximum absolute atomic E-state index is 12.2. The second kappa shape index (κ2) is 6.53. The van der Waals surface area contributed by atoms with Crippen molar-refractivity contribution in [3.63, 3.8) is 0 Å². The molecule has 1 atom stereocenters. The number of hydrogen-bond acceptors (Lipinski definition) is 4. The monoisotopic (exact) mass is 331 g/mol. The van der Waals surface area contributed by atoms with E-state index in [1.54, 1.807) is 13.8 Å². The number of urea groups is 1. The normalized spacial score (nSPS) is 23.8. The molecule has 1 aromatic carbocycles. The molecule has 24 heavy (non-hydrogen) atoms. The molecule has 0 saturated carbocycles. The maximum atomic E-state index is 12.2. The first-order valence-corrected chi connectivity index (χ1v) is 8.51. The van der Waals surface area contributed by atoms with Crippen LogP contribution in [0.15, 0.2) is 24.3 Å². The van der Waals surface area contributed by atoms with Gasteiger partial charge in [-0.3, -0.25) is 14.6 Å². The number of carbonyl (C=O) groups is 2. The second-order valence-corrected chi connectivity index (χ2v) is 7.14. The molecule has 1 fully saturated rings. The highest BCUT2D eigenvalue weighted by Gasteiger charge is 2.43. The fourth-order valence-electron chi connectivity index (χ4n) is 3.45. The molecule has 0 radical (unpaired) electrons. The lowest BCUT2D eigenvalue weighted by Crippen LogP contribution is -2.40. The fourth-order valence-corrected chi connectivity index (χ4v) is 3.45. The number of benzene rings is 1. The van der Waals surface area contributed by atoms with Gasteiger partial charge in [0.1, 0.15) is 5.54 Å². The van der Waals surface area contributed by atoms with E-state index in [4.69, 9.17) is 0 Å². The molecular weight excluding hydrogens is 306 g/mol. The summed E-state index contributed by atoms with van der Waals surface area (Å²) < 4.78 is 0. The van der Waals surface area contributed by atoms with Gasteiger partial charge in [-0.15, -0.1) is 0 Å². The zero-order chi connectivity index (χ0) is 17.3. The largest absolute Gasteiger partial charge is 0.388 e. The van der Waals surface area contributed by atoms with Gasteiger partial charge in [-0.25, -0.2) is 4.79 Å². The maximum Gasteiger partial charge on any atom is 0.325 e. The van der Waals surface area contributed by atoms with Crippen molar-refractivity contribution in [2.24, 2.45) is 0 Å². The molecule has 1 saturated heterocycles. The Morgan fingerprint density at radius 3 is 2.71 bits per heavy atom. The van der Waals surface area contributed by atoms with Gasteiger partial charge < -0.3 is 10.4 Å². The first kappa shape index (κ1) is 16.9. The predicted molar refractivity (Wildman–Crippen MR) is 90.2 cm³/mol. The van der Waals surface area contributed by atoms with E-state index in [9.17, 15) is 14.7 Å². The average Bonchev–Trinajstić information content (AvgIpc) is 2.66. The molecule has 3 amide bonds. The van der Waals surface area contributed by atoms with Crippen molar-refractivity contribution < 1.29 is 14.7 Å². The van der Waals surface area contributed by atoms with Crippen LogP contribution in [0.1, 0.15) is 43.9 Å². The summed E-state index contributed by atoms with van der Waals surface area (Å²) in [5.74, 6) is -0.163. The minimum Gasteiger partial charge on any atom is -0.388 e. The van der Waals surface area contributed by atoms with Crippen molar-refractivity contribution in [3.05, 3.63) is 35.4 Å². The van der Waals surface area contributed by atoms with E-state index < -0.39 is 11.6 Å². The molecule has 2 aliphatic heterocycles. The number of hydrogen-bond donors (Lipinski definition) is 2. The van der Waals surface area contributed by atoms with Gasteiger partial charge in [0.25, 0.3) is 5.91 Å². The lowest BCUT2D eigenvalue weighted by Gasteiger charge is -2.22. The van der Waals surface area contributed by atoms with Crippen LogP contribution in [-0.4, -0.2) is 52.0 Å². The lowest BCUT2D eigenvalue weighted by molar-refractivity contribution is -0.130. The smallest absolute Gasteiger partial charge is 0.325 e. The van der Waals surface area contributed by atoms with Crippen LogP contribution in [0, 0.1) is 0 Å². The molecule has 0 aromatic heterocycles. The molecule has 6 heteroatoms. The Morgan fingerprint density at radius 1 is 1.25 bits per heavy atom. The van der Waals surface area contributed by atoms with E-state index in [1.165, 1.54) is 4.90 Å². The Balaban J connectivity index is 1.56. The number of nitrogens with zero attached hydrogens (tertiary/aromatic N) is 2. The number of amides is 3. The zero-order valence-corrected chi connectivity index (χ0v) is 14.3. The molecular formula is C18H25N3O3. The summed E-state index contributed by atoms with van der Waals surface area (Å²) in [6.07, 6.45) is 1.01. The predicted octanol–water partition coefficient (Wildman–Crippen LogP) is 1.65. The van der Waals surface area contributed by atoms with Crippen LogP contribution in [0.3, 0.4) is 0 Å². The van der Waals surface area contributed by atoms with Gasteiger partial charge in [0.2, 0.25) is 0 Å². The van der Waals surface area contributed by atoms with Crippen LogP contribution in [0.2, 0.25) is 0 Å². The SMILES string of the molecule is CC1(C)NC(=O)N(CCCN2CCC(O)c3ccccc3C2)C1=O. The molecule has 1 unspecified atom stereocenters. The van der Waals surface area contributed by atoms with E-state index >= 15 is 0 Å². The summed E-state index contributed by atoms with van der Waals surface area (Å²) in [7, 11) is 0. The Morgan fingerprint density at radius 2 is 2.00 bits per heavy atom. The van der Waals surface area contributed by atoms with E-state index in [0.717, 1.165) is 37.2 Å². The molecule has 0 spiro atoms. The van der Waals surface area contributed by atoms with Crippen LogP contribution in [-0.2, 0) is 11.3 Å². The third-order valence-corrected chi connectivity index (χ3v) is 4.83. The molecule has 1 aromatic rings. The Hall–Kier alpha value is -1.92. The molecule has 0 aliphatic carbocycles. The van der Waals surface area contributed by atoms with E-state index in [2.05, 4.69) is 16.3 Å². The van der Waals surface area contributed by atoms with Crippen molar-refractivity contribution in [1.82, 2.24) is 15.1 Å². The van der Waals surface area contributed by atoms with E-state index in [-0.39, 0.29) is 11.9 Å². The summed E-state index contributed by atoms with van der Waals surface area (Å²) >= 11 is 0. The third kappa shape index (κ3) is 3.30. The van der Waals surface area contributed by atoms with Gasteiger partial charge in [0, 0.05) is 26.2 Å². The number of fused-ring (bicyclic) bond motifs is 1. The van der Waals surface area contributed by atoms with Crippen molar-refractivity contribution in [3.8, 4) is 0 Å². The molecule has 2 heterocycles. The van der Waals surface area contributed by atoms with E-state index in [1.807, 2.05) is 18.2 Å². The zero-order valence-electron chi connectivity index (χ0n) is 14.3. The van der Waals surface area contributed by atoms with Crippen LogP contribution < -0.4 is 5.32 Å². The topological polar surface area (TPSA) is 72.9 Å². The first-order valence-electron chi connectivity index (χ1n) is 8.51. The Kier molecular flexibility index (Phi) is 4.60. The highest BCUT2D eigenvalue weighted by molar-refractivity contribution is 6.06. The summed E-state index contributed by atoms with van der Waals surface area (Å²) in [6.45, 7) is 6.26. The van der Waals surface area contributed by atoms with Gasteiger partial charge in [-0.05, 0) is 37.8 Å². The molecule has 2 N–H and O–H groups in total. The quantitative estimate of drug-likeness (QED) is 0.823. The van der Waals surface area contributed by atoms with Crippen LogP contribution in [0.4, 0.5) is 4.79 Å². The molecule has 3 rings (SSSR count). The molecule has 130 valence electrons.